The Morgan fingerprint density at radius 3 is 1.57 bits per heavy atom. The molecule has 0 aliphatic rings. The molecule has 0 heterocycles. The van der Waals surface area contributed by atoms with Gasteiger partial charge in [-0.05, 0) is 38.1 Å². The average Bonchev–Trinajstić information content (AvgIpc) is 2.49. The normalized spacial score (nSPS) is 13.2. The molecular formula is C17H17NO3. The number of benzene rings is 2. The summed E-state index contributed by atoms with van der Waals surface area (Å²) >= 11 is 0. The van der Waals surface area contributed by atoms with E-state index >= 15 is 0 Å². The number of aliphatic carboxylic acids is 1. The Labute approximate surface area is 123 Å². The molecule has 2 aromatic carbocycles. The second-order valence-corrected chi connectivity index (χ2v) is 4.94. The van der Waals surface area contributed by atoms with E-state index in [0.717, 1.165) is 0 Å². The van der Waals surface area contributed by atoms with Crippen LogP contribution in [0, 0.1) is 0 Å². The second kappa shape index (κ2) is 5.79. The Morgan fingerprint density at radius 1 is 0.905 bits per heavy atom. The van der Waals surface area contributed by atoms with E-state index in [9.17, 15) is 14.7 Å². The third-order valence-corrected chi connectivity index (χ3v) is 3.58. The molecule has 21 heavy (non-hydrogen) atoms. The summed E-state index contributed by atoms with van der Waals surface area (Å²) in [5.41, 5.74) is -0.351. The third-order valence-electron chi connectivity index (χ3n) is 3.58. The number of hydrogen-bond donors (Lipinski definition) is 1. The van der Waals surface area contributed by atoms with Gasteiger partial charge in [-0.3, -0.25) is 4.79 Å². The van der Waals surface area contributed by atoms with Crippen molar-refractivity contribution in [1.29, 1.82) is 0 Å². The molecule has 1 N–H and O–H groups in total. The first-order chi connectivity index (χ1) is 9.98. The Bertz CT molecular complexity index is 584. The fourth-order valence-corrected chi connectivity index (χ4v) is 2.22. The maximum absolute atomic E-state index is 12.1. The van der Waals surface area contributed by atoms with Crippen molar-refractivity contribution in [2.24, 2.45) is 0 Å². The van der Waals surface area contributed by atoms with E-state index in [1.165, 1.54) is 13.8 Å². The highest BCUT2D eigenvalue weighted by atomic mass is 16.4. The van der Waals surface area contributed by atoms with E-state index in [1.54, 1.807) is 29.2 Å². The molecule has 0 fully saturated rings. The zero-order valence-corrected chi connectivity index (χ0v) is 12.0. The summed E-state index contributed by atoms with van der Waals surface area (Å²) < 4.78 is 0. The minimum atomic E-state index is -1.66. The van der Waals surface area contributed by atoms with Gasteiger partial charge in [0.1, 0.15) is 0 Å². The van der Waals surface area contributed by atoms with Crippen molar-refractivity contribution >= 4 is 23.1 Å². The first-order valence-corrected chi connectivity index (χ1v) is 6.62. The van der Waals surface area contributed by atoms with E-state index < -0.39 is 17.3 Å². The van der Waals surface area contributed by atoms with Crippen LogP contribution in [0.5, 0.6) is 0 Å². The Balaban J connectivity index is 2.67. The van der Waals surface area contributed by atoms with Crippen LogP contribution >= 0.6 is 0 Å². The smallest absolute Gasteiger partial charge is 0.337 e. The van der Waals surface area contributed by atoms with Crippen LogP contribution in [0.1, 0.15) is 13.8 Å². The Morgan fingerprint density at radius 2 is 1.29 bits per heavy atom. The van der Waals surface area contributed by atoms with Gasteiger partial charge in [0.25, 0.3) is 0 Å². The van der Waals surface area contributed by atoms with Crippen LogP contribution in [0.25, 0.3) is 0 Å². The molecule has 0 saturated heterocycles. The van der Waals surface area contributed by atoms with Crippen LogP contribution in [-0.2, 0) is 9.59 Å². The number of carboxylic acid groups (broad SMARTS) is 1. The molecule has 0 amide bonds. The van der Waals surface area contributed by atoms with Crippen LogP contribution in [0.15, 0.2) is 60.7 Å². The number of Topliss-reactive ketones (excluding diaryl/α,β-unsaturated/α-hetero) is 1. The van der Waals surface area contributed by atoms with Gasteiger partial charge in [-0.25, -0.2) is 4.79 Å². The average molecular weight is 283 g/mol. The van der Waals surface area contributed by atoms with Gasteiger partial charge in [0.05, 0.1) is 0 Å². The number of carboxylic acids is 1. The molecule has 4 nitrogen and oxygen atoms in total. The number of hydrogen-bond acceptors (Lipinski definition) is 3. The SMILES string of the molecule is CC(=O)[C@](C)(C(=O)O)N(c1ccccc1)c1ccccc1. The Kier molecular flexibility index (Phi) is 4.08. The van der Waals surface area contributed by atoms with Crippen molar-refractivity contribution in [3.63, 3.8) is 0 Å². The van der Waals surface area contributed by atoms with Crippen molar-refractivity contribution in [2.75, 3.05) is 4.90 Å². The largest absolute Gasteiger partial charge is 0.479 e. The second-order valence-electron chi connectivity index (χ2n) is 4.94. The number of anilines is 2. The van der Waals surface area contributed by atoms with Gasteiger partial charge in [0.15, 0.2) is 11.3 Å². The fourth-order valence-electron chi connectivity index (χ4n) is 2.22. The van der Waals surface area contributed by atoms with Crippen LogP contribution in [0.4, 0.5) is 11.4 Å². The standard InChI is InChI=1S/C17H17NO3/c1-13(19)17(2,16(20)21)18(14-9-5-3-6-10-14)15-11-7-4-8-12-15/h3-12H,1-2H3,(H,20,21)/t17-/m1/s1. The molecule has 0 bridgehead atoms. The molecule has 2 aromatic rings. The summed E-state index contributed by atoms with van der Waals surface area (Å²) in [5.74, 6) is -1.61. The zero-order chi connectivity index (χ0) is 15.5. The van der Waals surface area contributed by atoms with Crippen LogP contribution in [0.3, 0.4) is 0 Å². The first-order valence-electron chi connectivity index (χ1n) is 6.62. The van der Waals surface area contributed by atoms with E-state index in [0.29, 0.717) is 11.4 Å². The molecule has 0 aromatic heterocycles. The lowest BCUT2D eigenvalue weighted by molar-refractivity contribution is -0.146. The summed E-state index contributed by atoms with van der Waals surface area (Å²) in [6, 6.07) is 18.1. The molecule has 0 unspecified atom stereocenters. The van der Waals surface area contributed by atoms with E-state index in [-0.39, 0.29) is 0 Å². The topological polar surface area (TPSA) is 57.6 Å². The lowest BCUT2D eigenvalue weighted by Crippen LogP contribution is -2.55. The number of carbonyl (C=O) groups is 2. The number of nitrogens with zero attached hydrogens (tertiary/aromatic N) is 1. The van der Waals surface area contributed by atoms with Gasteiger partial charge in [-0.1, -0.05) is 36.4 Å². The third kappa shape index (κ3) is 2.65. The summed E-state index contributed by atoms with van der Waals surface area (Å²) in [6.07, 6.45) is 0. The minimum absolute atomic E-state index is 0.428. The van der Waals surface area contributed by atoms with Crippen molar-refractivity contribution in [1.82, 2.24) is 0 Å². The monoisotopic (exact) mass is 283 g/mol. The van der Waals surface area contributed by atoms with Crippen molar-refractivity contribution in [3.05, 3.63) is 60.7 Å². The van der Waals surface area contributed by atoms with Gasteiger partial charge in [-0.15, -0.1) is 0 Å². The predicted molar refractivity (Wildman–Crippen MR) is 81.7 cm³/mol. The summed E-state index contributed by atoms with van der Waals surface area (Å²) in [4.78, 5) is 25.4. The van der Waals surface area contributed by atoms with Crippen molar-refractivity contribution in [2.45, 2.75) is 19.4 Å². The molecule has 0 aliphatic carbocycles. The molecule has 4 heteroatoms. The molecule has 0 saturated carbocycles. The van der Waals surface area contributed by atoms with Gasteiger partial charge >= 0.3 is 5.97 Å². The molecule has 2 rings (SSSR count). The molecule has 108 valence electrons. The van der Waals surface area contributed by atoms with Crippen LogP contribution in [0.2, 0.25) is 0 Å². The Hall–Kier alpha value is -2.62. The van der Waals surface area contributed by atoms with Gasteiger partial charge in [-0.2, -0.15) is 0 Å². The van der Waals surface area contributed by atoms with Crippen molar-refractivity contribution < 1.29 is 14.7 Å². The first kappa shape index (κ1) is 14.8. The quantitative estimate of drug-likeness (QED) is 0.856. The molecule has 0 aliphatic heterocycles. The van der Waals surface area contributed by atoms with E-state index in [1.807, 2.05) is 36.4 Å². The number of para-hydroxylation sites is 2. The van der Waals surface area contributed by atoms with E-state index in [2.05, 4.69) is 0 Å². The highest BCUT2D eigenvalue weighted by molar-refractivity contribution is 6.11. The van der Waals surface area contributed by atoms with Gasteiger partial charge < -0.3 is 10.0 Å². The van der Waals surface area contributed by atoms with Crippen molar-refractivity contribution in [3.8, 4) is 0 Å². The summed E-state index contributed by atoms with van der Waals surface area (Å²) in [7, 11) is 0. The lowest BCUT2D eigenvalue weighted by atomic mass is 9.93. The summed E-state index contributed by atoms with van der Waals surface area (Å²) in [6.45, 7) is 2.73. The zero-order valence-electron chi connectivity index (χ0n) is 12.0. The summed E-state index contributed by atoms with van der Waals surface area (Å²) in [5, 5.41) is 9.63. The number of ketones is 1. The van der Waals surface area contributed by atoms with E-state index in [4.69, 9.17) is 0 Å². The van der Waals surface area contributed by atoms with Crippen LogP contribution < -0.4 is 4.90 Å². The fraction of sp³-hybridized carbons (Fsp3) is 0.176. The maximum atomic E-state index is 12.1. The lowest BCUT2D eigenvalue weighted by Gasteiger charge is -2.37. The predicted octanol–water partition coefficient (Wildman–Crippen LogP) is 3.26. The maximum Gasteiger partial charge on any atom is 0.337 e. The number of rotatable bonds is 5. The van der Waals surface area contributed by atoms with Gasteiger partial charge in [0, 0.05) is 11.4 Å². The van der Waals surface area contributed by atoms with Gasteiger partial charge in [0.2, 0.25) is 0 Å². The molecular weight excluding hydrogens is 266 g/mol. The minimum Gasteiger partial charge on any atom is -0.479 e. The molecule has 0 spiro atoms. The highest BCUT2D eigenvalue weighted by Gasteiger charge is 2.45. The molecule has 1 atom stereocenters. The number of carbonyl (C=O) groups excluding carboxylic acids is 1. The van der Waals surface area contributed by atoms with Crippen LogP contribution in [-0.4, -0.2) is 22.4 Å². The molecule has 0 radical (unpaired) electrons. The highest BCUT2D eigenvalue weighted by Crippen LogP contribution is 2.34.